The van der Waals surface area contributed by atoms with E-state index in [0.717, 1.165) is 51.0 Å². The number of aromatic nitrogens is 7. The zero-order valence-corrected chi connectivity index (χ0v) is 15.3. The molecule has 29 heavy (non-hydrogen) atoms. The van der Waals surface area contributed by atoms with Crippen molar-refractivity contribution in [1.29, 1.82) is 0 Å². The average molecular weight is 377 g/mol. The zero-order chi connectivity index (χ0) is 19.2. The van der Waals surface area contributed by atoms with Gasteiger partial charge >= 0.3 is 0 Å². The van der Waals surface area contributed by atoms with Crippen LogP contribution in [0.1, 0.15) is 12.0 Å². The highest BCUT2D eigenvalue weighted by atomic mass is 15.2. The Morgan fingerprint density at radius 2 is 1.90 bits per heavy atom. The summed E-state index contributed by atoms with van der Waals surface area (Å²) in [5.41, 5.74) is 7.79. The third kappa shape index (κ3) is 2.55. The molecule has 0 saturated carbocycles. The number of hydrogen-bond acceptors (Lipinski definition) is 5. The van der Waals surface area contributed by atoms with Crippen molar-refractivity contribution in [1.82, 2.24) is 35.1 Å². The van der Waals surface area contributed by atoms with Crippen LogP contribution in [0.2, 0.25) is 0 Å². The molecule has 0 saturated heterocycles. The minimum Gasteiger partial charge on any atom is -0.335 e. The topological polar surface area (TPSA) is 96.0 Å². The highest BCUT2D eigenvalue weighted by molar-refractivity contribution is 5.95. The molecule has 5 aromatic heterocycles. The highest BCUT2D eigenvalue weighted by Gasteiger charge is 2.17. The van der Waals surface area contributed by atoms with Crippen LogP contribution in [-0.4, -0.2) is 35.1 Å². The first-order valence-electron chi connectivity index (χ1n) is 9.34. The van der Waals surface area contributed by atoms with E-state index in [9.17, 15) is 0 Å². The Bertz CT molecular complexity index is 1420. The lowest BCUT2D eigenvalue weighted by atomic mass is 10.1. The van der Waals surface area contributed by atoms with Crippen LogP contribution in [0.15, 0.2) is 67.2 Å². The first-order valence-corrected chi connectivity index (χ1v) is 9.34. The summed E-state index contributed by atoms with van der Waals surface area (Å²) in [5.74, 6) is 0.661. The fourth-order valence-corrected chi connectivity index (χ4v) is 3.64. The second-order valence-corrected chi connectivity index (χ2v) is 6.85. The Kier molecular flexibility index (Phi) is 3.40. The van der Waals surface area contributed by atoms with Gasteiger partial charge in [0.15, 0.2) is 11.5 Å². The first-order chi connectivity index (χ1) is 14.4. The van der Waals surface area contributed by atoms with Crippen LogP contribution < -0.4 is 0 Å². The molecule has 6 rings (SSSR count). The smallest absolute Gasteiger partial charge is 0.161 e. The van der Waals surface area contributed by atoms with Crippen molar-refractivity contribution in [3.05, 3.63) is 72.7 Å². The Labute approximate surface area is 165 Å². The van der Waals surface area contributed by atoms with Crippen LogP contribution >= 0.6 is 0 Å². The highest BCUT2D eigenvalue weighted by Crippen LogP contribution is 2.31. The van der Waals surface area contributed by atoms with Gasteiger partial charge in [-0.3, -0.25) is 15.1 Å². The standard InChI is InChI=1S/C22H15N7/c1-2-6-13(5-1)14-11-23-12-18-19(14)27-22(26-18)21-20-17(28-29-21)9-8-16(25-20)15-7-3-4-10-24-15/h1,3-12H,2H2,(H,26,27)(H,28,29). The van der Waals surface area contributed by atoms with Gasteiger partial charge in [-0.2, -0.15) is 5.10 Å². The number of fused-ring (bicyclic) bond motifs is 2. The van der Waals surface area contributed by atoms with Crippen molar-refractivity contribution < 1.29 is 0 Å². The van der Waals surface area contributed by atoms with E-state index in [2.05, 4.69) is 43.4 Å². The second-order valence-electron chi connectivity index (χ2n) is 6.85. The van der Waals surface area contributed by atoms with E-state index in [0.29, 0.717) is 11.5 Å². The van der Waals surface area contributed by atoms with Gasteiger partial charge in [-0.1, -0.05) is 24.3 Å². The number of imidazole rings is 1. The van der Waals surface area contributed by atoms with E-state index in [1.54, 1.807) is 12.4 Å². The molecule has 1 aliphatic carbocycles. The minimum atomic E-state index is 0.661. The average Bonchev–Trinajstić information content (AvgIpc) is 3.52. The van der Waals surface area contributed by atoms with Crippen molar-refractivity contribution in [2.45, 2.75) is 6.42 Å². The molecule has 7 nitrogen and oxygen atoms in total. The van der Waals surface area contributed by atoms with Gasteiger partial charge in [0.25, 0.3) is 0 Å². The number of rotatable bonds is 3. The molecule has 0 aromatic carbocycles. The van der Waals surface area contributed by atoms with Crippen LogP contribution in [-0.2, 0) is 0 Å². The molecule has 0 bridgehead atoms. The Morgan fingerprint density at radius 3 is 2.76 bits per heavy atom. The summed E-state index contributed by atoms with van der Waals surface area (Å²) in [6.07, 6.45) is 12.8. The number of pyridine rings is 3. The Hall–Kier alpha value is -4.13. The third-order valence-corrected chi connectivity index (χ3v) is 5.04. The predicted molar refractivity (Wildman–Crippen MR) is 112 cm³/mol. The summed E-state index contributed by atoms with van der Waals surface area (Å²) in [6.45, 7) is 0. The van der Waals surface area contributed by atoms with Crippen LogP contribution in [0, 0.1) is 0 Å². The maximum absolute atomic E-state index is 4.84. The lowest BCUT2D eigenvalue weighted by molar-refractivity contribution is 1.10. The molecule has 0 atom stereocenters. The van der Waals surface area contributed by atoms with Crippen molar-refractivity contribution in [2.75, 3.05) is 0 Å². The summed E-state index contributed by atoms with van der Waals surface area (Å²) in [7, 11) is 0. The number of nitrogens with one attached hydrogen (secondary N) is 2. The minimum absolute atomic E-state index is 0.661. The SMILES string of the molecule is C1=CC(c2cncc3[nH]c(-c4n[nH]c5ccc(-c6ccccn6)nc45)nc23)=CC1. The van der Waals surface area contributed by atoms with Crippen LogP contribution in [0.5, 0.6) is 0 Å². The second kappa shape index (κ2) is 6.20. The van der Waals surface area contributed by atoms with Gasteiger partial charge in [-0.15, -0.1) is 0 Å². The monoisotopic (exact) mass is 377 g/mol. The molecular weight excluding hydrogens is 362 g/mol. The van der Waals surface area contributed by atoms with Gasteiger partial charge in [0.2, 0.25) is 0 Å². The number of H-pyrrole nitrogens is 2. The van der Waals surface area contributed by atoms with Crippen LogP contribution in [0.25, 0.3) is 50.5 Å². The molecule has 0 radical (unpaired) electrons. The molecular formula is C22H15N7. The Morgan fingerprint density at radius 1 is 0.897 bits per heavy atom. The van der Waals surface area contributed by atoms with Crippen molar-refractivity contribution in [3.8, 4) is 22.9 Å². The largest absolute Gasteiger partial charge is 0.335 e. The lowest BCUT2D eigenvalue weighted by Gasteiger charge is -2.00. The molecule has 0 amide bonds. The summed E-state index contributed by atoms with van der Waals surface area (Å²) >= 11 is 0. The van der Waals surface area contributed by atoms with Gasteiger partial charge in [-0.25, -0.2) is 9.97 Å². The van der Waals surface area contributed by atoms with Gasteiger partial charge < -0.3 is 4.98 Å². The number of hydrogen-bond donors (Lipinski definition) is 2. The molecule has 7 heteroatoms. The van der Waals surface area contributed by atoms with E-state index in [4.69, 9.17) is 9.97 Å². The molecule has 0 aliphatic heterocycles. The van der Waals surface area contributed by atoms with Crippen molar-refractivity contribution in [3.63, 3.8) is 0 Å². The van der Waals surface area contributed by atoms with Crippen LogP contribution in [0.4, 0.5) is 0 Å². The van der Waals surface area contributed by atoms with Crippen molar-refractivity contribution in [2.24, 2.45) is 0 Å². The molecule has 1 aliphatic rings. The fraction of sp³-hybridized carbons (Fsp3) is 0.0455. The molecule has 5 aromatic rings. The quantitative estimate of drug-likeness (QED) is 0.489. The molecule has 0 spiro atoms. The van der Waals surface area contributed by atoms with E-state index in [1.165, 1.54) is 0 Å². The maximum atomic E-state index is 4.84. The third-order valence-electron chi connectivity index (χ3n) is 5.04. The van der Waals surface area contributed by atoms with Gasteiger partial charge in [0.1, 0.15) is 5.52 Å². The summed E-state index contributed by atoms with van der Waals surface area (Å²) < 4.78 is 0. The molecule has 5 heterocycles. The normalized spacial score (nSPS) is 13.4. The van der Waals surface area contributed by atoms with Crippen molar-refractivity contribution >= 4 is 27.6 Å². The molecule has 0 fully saturated rings. The Balaban J connectivity index is 1.52. The van der Waals surface area contributed by atoms with Gasteiger partial charge in [0, 0.05) is 18.0 Å². The molecule has 138 valence electrons. The number of aromatic amines is 2. The zero-order valence-electron chi connectivity index (χ0n) is 15.3. The van der Waals surface area contributed by atoms with E-state index >= 15 is 0 Å². The predicted octanol–water partition coefficient (Wildman–Crippen LogP) is 4.30. The van der Waals surface area contributed by atoms with E-state index in [1.807, 2.05) is 36.5 Å². The molecule has 0 unspecified atom stereocenters. The van der Waals surface area contributed by atoms with E-state index in [-0.39, 0.29) is 0 Å². The van der Waals surface area contributed by atoms with Gasteiger partial charge in [0.05, 0.1) is 34.1 Å². The van der Waals surface area contributed by atoms with Gasteiger partial charge in [-0.05, 0) is 36.3 Å². The number of nitrogens with zero attached hydrogens (tertiary/aromatic N) is 5. The summed E-state index contributed by atoms with van der Waals surface area (Å²) in [4.78, 5) is 21.8. The summed E-state index contributed by atoms with van der Waals surface area (Å²) in [5, 5.41) is 7.52. The fourth-order valence-electron chi connectivity index (χ4n) is 3.64. The lowest BCUT2D eigenvalue weighted by Crippen LogP contribution is -1.88. The first kappa shape index (κ1) is 15.9. The number of allylic oxidation sites excluding steroid dienone is 4. The summed E-state index contributed by atoms with van der Waals surface area (Å²) in [6, 6.07) is 9.68. The maximum Gasteiger partial charge on any atom is 0.161 e. The van der Waals surface area contributed by atoms with E-state index < -0.39 is 0 Å². The molecule has 2 N–H and O–H groups in total. The van der Waals surface area contributed by atoms with Crippen LogP contribution in [0.3, 0.4) is 0 Å².